The molecule has 0 bridgehead atoms. The molecule has 1 aliphatic heterocycles. The summed E-state index contributed by atoms with van der Waals surface area (Å²) in [4.78, 5) is 16.6. The van der Waals surface area contributed by atoms with Gasteiger partial charge in [-0.3, -0.25) is 4.90 Å². The summed E-state index contributed by atoms with van der Waals surface area (Å²) in [5.74, 6) is 0.373. The normalized spacial score (nSPS) is 18.2. The van der Waals surface area contributed by atoms with Crippen molar-refractivity contribution in [2.45, 2.75) is 13.5 Å². The summed E-state index contributed by atoms with van der Waals surface area (Å²) in [5.41, 5.74) is 1.81. The van der Waals surface area contributed by atoms with Gasteiger partial charge in [0.15, 0.2) is 0 Å². The molecule has 1 unspecified atom stereocenters. The van der Waals surface area contributed by atoms with Crippen LogP contribution in [0.3, 0.4) is 0 Å². The molecule has 1 saturated heterocycles. The van der Waals surface area contributed by atoms with Crippen LogP contribution in [-0.4, -0.2) is 24.0 Å². The smallest absolute Gasteiger partial charge is 0.320 e. The van der Waals surface area contributed by atoms with Gasteiger partial charge in [-0.2, -0.15) is 0 Å². The van der Waals surface area contributed by atoms with E-state index in [0.29, 0.717) is 35.6 Å². The summed E-state index contributed by atoms with van der Waals surface area (Å²) in [6.07, 6.45) is 0. The zero-order valence-corrected chi connectivity index (χ0v) is 16.3. The minimum Gasteiger partial charge on any atom is -0.320 e. The molecule has 126 valence electrons. The van der Waals surface area contributed by atoms with Crippen LogP contribution in [0, 0.1) is 5.92 Å². The number of nitrogens with zero attached hydrogens (tertiary/aromatic N) is 2. The fraction of sp³-hybridized carbons (Fsp3) is 0.278. The van der Waals surface area contributed by atoms with Gasteiger partial charge in [0.25, 0.3) is 0 Å². The van der Waals surface area contributed by atoms with Crippen LogP contribution in [0.1, 0.15) is 12.5 Å². The summed E-state index contributed by atoms with van der Waals surface area (Å²) in [6, 6.07) is 13.2. The van der Waals surface area contributed by atoms with E-state index in [0.717, 1.165) is 15.7 Å². The van der Waals surface area contributed by atoms with Gasteiger partial charge in [0.05, 0.1) is 0 Å². The van der Waals surface area contributed by atoms with Crippen molar-refractivity contribution in [2.24, 2.45) is 5.92 Å². The largest absolute Gasteiger partial charge is 0.324 e. The molecule has 2 aromatic rings. The van der Waals surface area contributed by atoms with Gasteiger partial charge in [-0.05, 0) is 47.9 Å². The molecule has 0 aromatic heterocycles. The van der Waals surface area contributed by atoms with Gasteiger partial charge >= 0.3 is 6.03 Å². The standard InChI is InChI=1S/C18H17BrCl2N2O/c1-12-9-22(11-13-2-5-15(20)8-17(13)21)18(24)23(10-12)16-6-3-14(19)4-7-16/h2-8,12H,9-11H2,1H3. The van der Waals surface area contributed by atoms with Crippen molar-refractivity contribution >= 4 is 50.9 Å². The lowest BCUT2D eigenvalue weighted by atomic mass is 10.1. The number of carbonyl (C=O) groups excluding carboxylic acids is 1. The van der Waals surface area contributed by atoms with E-state index < -0.39 is 0 Å². The van der Waals surface area contributed by atoms with Crippen molar-refractivity contribution < 1.29 is 4.79 Å². The first-order valence-electron chi connectivity index (χ1n) is 7.70. The molecule has 2 amide bonds. The molecular formula is C18H17BrCl2N2O. The molecule has 3 nitrogen and oxygen atoms in total. The third-order valence-electron chi connectivity index (χ3n) is 4.04. The highest BCUT2D eigenvalue weighted by atomic mass is 79.9. The second kappa shape index (κ2) is 7.34. The molecule has 1 heterocycles. The summed E-state index contributed by atoms with van der Waals surface area (Å²) in [7, 11) is 0. The maximum absolute atomic E-state index is 12.9. The topological polar surface area (TPSA) is 23.6 Å². The third-order valence-corrected chi connectivity index (χ3v) is 5.16. The first kappa shape index (κ1) is 17.6. The third kappa shape index (κ3) is 3.88. The molecule has 0 spiro atoms. The molecule has 6 heteroatoms. The molecule has 1 fully saturated rings. The van der Waals surface area contributed by atoms with Crippen molar-refractivity contribution in [3.63, 3.8) is 0 Å². The highest BCUT2D eigenvalue weighted by Crippen LogP contribution is 2.27. The summed E-state index contributed by atoms with van der Waals surface area (Å²) in [5, 5.41) is 1.18. The van der Waals surface area contributed by atoms with E-state index in [9.17, 15) is 4.79 Å². The minimum atomic E-state index is 0.00133. The zero-order chi connectivity index (χ0) is 17.3. The molecule has 1 atom stereocenters. The second-order valence-corrected chi connectivity index (χ2v) is 7.85. The van der Waals surface area contributed by atoms with Crippen molar-refractivity contribution in [1.82, 2.24) is 4.90 Å². The minimum absolute atomic E-state index is 0.00133. The number of anilines is 1. The van der Waals surface area contributed by atoms with Gasteiger partial charge < -0.3 is 4.90 Å². The monoisotopic (exact) mass is 426 g/mol. The molecule has 0 aliphatic carbocycles. The Morgan fingerprint density at radius 1 is 1.12 bits per heavy atom. The second-order valence-electron chi connectivity index (χ2n) is 6.09. The highest BCUT2D eigenvalue weighted by molar-refractivity contribution is 9.10. The number of amides is 2. The van der Waals surface area contributed by atoms with Crippen LogP contribution in [0.5, 0.6) is 0 Å². The molecule has 2 aromatic carbocycles. The van der Waals surface area contributed by atoms with Crippen LogP contribution in [0.2, 0.25) is 10.0 Å². The van der Waals surface area contributed by atoms with Gasteiger partial charge in [-0.15, -0.1) is 0 Å². The van der Waals surface area contributed by atoms with Crippen LogP contribution in [0.25, 0.3) is 0 Å². The highest BCUT2D eigenvalue weighted by Gasteiger charge is 2.31. The summed E-state index contributed by atoms with van der Waals surface area (Å²) in [6.45, 7) is 4.05. The van der Waals surface area contributed by atoms with Crippen LogP contribution < -0.4 is 4.90 Å². The molecule has 3 rings (SSSR count). The number of halogens is 3. The Balaban J connectivity index is 1.83. The lowest BCUT2D eigenvalue weighted by molar-refractivity contribution is 0.178. The van der Waals surface area contributed by atoms with Gasteiger partial charge in [-0.1, -0.05) is 52.1 Å². The predicted molar refractivity (Wildman–Crippen MR) is 103 cm³/mol. The first-order chi connectivity index (χ1) is 11.4. The van der Waals surface area contributed by atoms with Gasteiger partial charge in [0, 0.05) is 39.8 Å². The van der Waals surface area contributed by atoms with Crippen LogP contribution >= 0.6 is 39.1 Å². The Morgan fingerprint density at radius 3 is 2.50 bits per heavy atom. The average Bonchev–Trinajstić information content (AvgIpc) is 2.54. The Labute approximate surface area is 160 Å². The number of urea groups is 1. The molecule has 0 saturated carbocycles. The number of hydrogen-bond acceptors (Lipinski definition) is 1. The van der Waals surface area contributed by atoms with Crippen LogP contribution in [-0.2, 0) is 6.54 Å². The van der Waals surface area contributed by atoms with Gasteiger partial charge in [0.1, 0.15) is 0 Å². The van der Waals surface area contributed by atoms with Crippen molar-refractivity contribution in [3.8, 4) is 0 Å². The Bertz CT molecular complexity index is 751. The Morgan fingerprint density at radius 2 is 1.83 bits per heavy atom. The summed E-state index contributed by atoms with van der Waals surface area (Å²) < 4.78 is 0.994. The number of benzene rings is 2. The fourth-order valence-electron chi connectivity index (χ4n) is 2.90. The Hall–Kier alpha value is -1.23. The van der Waals surface area contributed by atoms with Gasteiger partial charge in [-0.25, -0.2) is 4.79 Å². The van der Waals surface area contributed by atoms with E-state index in [1.807, 2.05) is 40.1 Å². The zero-order valence-electron chi connectivity index (χ0n) is 13.2. The Kier molecular flexibility index (Phi) is 5.38. The van der Waals surface area contributed by atoms with Crippen LogP contribution in [0.15, 0.2) is 46.9 Å². The molecule has 24 heavy (non-hydrogen) atoms. The lowest BCUT2D eigenvalue weighted by Gasteiger charge is -2.39. The van der Waals surface area contributed by atoms with Crippen LogP contribution in [0.4, 0.5) is 10.5 Å². The summed E-state index contributed by atoms with van der Waals surface area (Å²) >= 11 is 15.6. The van der Waals surface area contributed by atoms with E-state index in [4.69, 9.17) is 23.2 Å². The van der Waals surface area contributed by atoms with Crippen molar-refractivity contribution in [1.29, 1.82) is 0 Å². The maximum atomic E-state index is 12.9. The number of hydrogen-bond donors (Lipinski definition) is 0. The average molecular weight is 428 g/mol. The lowest BCUT2D eigenvalue weighted by Crippen LogP contribution is -2.52. The predicted octanol–water partition coefficient (Wildman–Crippen LogP) is 5.83. The molecule has 0 N–H and O–H groups in total. The number of rotatable bonds is 3. The molecule has 0 radical (unpaired) electrons. The van der Waals surface area contributed by atoms with E-state index in [2.05, 4.69) is 22.9 Å². The quantitative estimate of drug-likeness (QED) is 0.603. The van der Waals surface area contributed by atoms with Crippen molar-refractivity contribution in [3.05, 3.63) is 62.5 Å². The maximum Gasteiger partial charge on any atom is 0.324 e. The van der Waals surface area contributed by atoms with E-state index in [1.165, 1.54) is 0 Å². The molecule has 1 aliphatic rings. The van der Waals surface area contributed by atoms with Gasteiger partial charge in [0.2, 0.25) is 0 Å². The number of carbonyl (C=O) groups is 1. The van der Waals surface area contributed by atoms with E-state index in [1.54, 1.807) is 12.1 Å². The SMILES string of the molecule is CC1CN(Cc2ccc(Cl)cc2Cl)C(=O)N(c2ccc(Br)cc2)C1. The van der Waals surface area contributed by atoms with E-state index in [-0.39, 0.29) is 6.03 Å². The van der Waals surface area contributed by atoms with Crippen molar-refractivity contribution in [2.75, 3.05) is 18.0 Å². The first-order valence-corrected chi connectivity index (χ1v) is 9.25. The van der Waals surface area contributed by atoms with E-state index >= 15 is 0 Å². The fourth-order valence-corrected chi connectivity index (χ4v) is 3.63. The molecular weight excluding hydrogens is 411 g/mol.